The number of anilines is 1. The molecule has 4 rings (SSSR count). The summed E-state index contributed by atoms with van der Waals surface area (Å²) in [5.74, 6) is 0.712. The molecule has 1 amide bonds. The zero-order valence-electron chi connectivity index (χ0n) is 16.9. The van der Waals surface area contributed by atoms with Crippen molar-refractivity contribution in [2.75, 3.05) is 44.3 Å². The van der Waals surface area contributed by atoms with E-state index in [2.05, 4.69) is 36.3 Å². The van der Waals surface area contributed by atoms with Crippen LogP contribution in [0.3, 0.4) is 0 Å². The Kier molecular flexibility index (Phi) is 8.72. The number of aromatic nitrogens is 2. The molecule has 2 aliphatic rings. The summed E-state index contributed by atoms with van der Waals surface area (Å²) >= 11 is 4.49. The monoisotopic (exact) mass is 448 g/mol. The first-order chi connectivity index (χ1) is 14.7. The molecular formula is C23H26N4NiO2-2. The van der Waals surface area contributed by atoms with Crippen LogP contribution in [0.25, 0.3) is 6.08 Å². The molecule has 2 fully saturated rings. The third-order valence-electron chi connectivity index (χ3n) is 4.95. The normalized spacial score (nSPS) is 16.3. The number of likely N-dealkylation sites (tertiary alicyclic amines) is 1. The van der Waals surface area contributed by atoms with Crippen molar-refractivity contribution in [1.29, 1.82) is 0 Å². The van der Waals surface area contributed by atoms with Crippen molar-refractivity contribution in [1.82, 2.24) is 14.9 Å². The third-order valence-corrected chi connectivity index (χ3v) is 5.25. The van der Waals surface area contributed by atoms with Gasteiger partial charge in [0.1, 0.15) is 0 Å². The first-order valence-corrected chi connectivity index (χ1v) is 10.6. The number of carbonyl (C=O) groups is 1. The van der Waals surface area contributed by atoms with Crippen LogP contribution < -0.4 is 4.90 Å². The summed E-state index contributed by atoms with van der Waals surface area (Å²) in [5, 5.41) is 0. The number of hydrogen-bond donors (Lipinski definition) is 0. The Morgan fingerprint density at radius 3 is 2.27 bits per heavy atom. The number of ether oxygens (including phenoxy) is 1. The number of hydrogen-bond acceptors (Lipinski definition) is 5. The van der Waals surface area contributed by atoms with E-state index in [1.807, 2.05) is 29.2 Å². The van der Waals surface area contributed by atoms with Gasteiger partial charge in [0.2, 0.25) is 5.95 Å². The fourth-order valence-electron chi connectivity index (χ4n) is 3.24. The Hall–Kier alpha value is -2.37. The van der Waals surface area contributed by atoms with Crippen LogP contribution in [-0.2, 0) is 19.8 Å². The fraction of sp³-hybridized carbons (Fsp3) is 0.348. The maximum atomic E-state index is 12.3. The van der Waals surface area contributed by atoms with Crippen molar-refractivity contribution in [3.63, 3.8) is 0 Å². The van der Waals surface area contributed by atoms with Gasteiger partial charge < -0.3 is 21.0 Å². The van der Waals surface area contributed by atoms with Gasteiger partial charge in [-0.3, -0.25) is 4.79 Å². The van der Waals surface area contributed by atoms with Crippen molar-refractivity contribution < 1.29 is 24.6 Å². The predicted octanol–water partition coefficient (Wildman–Crippen LogP) is 2.58. The second-order valence-electron chi connectivity index (χ2n) is 6.92. The standard InChI is InChI=1S/C14H19N4O2.C9H7.Ni/c19-13(17-4-2-1-3-5-17)12-10-15-14(16-11-12)18-6-8-20-9-7-18;1-3-9-7-5-4-6-8(9)2;/h1,10-11H,2-9H2;1-7H;/q2*-1;. The Labute approximate surface area is 185 Å². The summed E-state index contributed by atoms with van der Waals surface area (Å²) in [5.41, 5.74) is 2.59. The van der Waals surface area contributed by atoms with E-state index in [0.29, 0.717) is 24.7 Å². The Morgan fingerprint density at radius 1 is 1.07 bits per heavy atom. The van der Waals surface area contributed by atoms with Gasteiger partial charge in [0.25, 0.3) is 5.91 Å². The van der Waals surface area contributed by atoms with Crippen LogP contribution in [0, 0.1) is 13.0 Å². The molecule has 0 radical (unpaired) electrons. The van der Waals surface area contributed by atoms with Gasteiger partial charge in [-0.15, -0.1) is 0 Å². The molecule has 30 heavy (non-hydrogen) atoms. The van der Waals surface area contributed by atoms with E-state index in [1.54, 1.807) is 23.5 Å². The van der Waals surface area contributed by atoms with Crippen LogP contribution in [0.2, 0.25) is 0 Å². The van der Waals surface area contributed by atoms with E-state index in [9.17, 15) is 4.79 Å². The van der Waals surface area contributed by atoms with Gasteiger partial charge in [-0.2, -0.15) is 12.8 Å². The molecule has 0 bridgehead atoms. The van der Waals surface area contributed by atoms with Crippen LogP contribution in [0.1, 0.15) is 34.3 Å². The second kappa shape index (κ2) is 11.7. The Bertz CT molecular complexity index is 818. The molecule has 2 aromatic rings. The molecule has 0 atom stereocenters. The molecule has 0 unspecified atom stereocenters. The van der Waals surface area contributed by atoms with Crippen LogP contribution in [-0.4, -0.2) is 65.2 Å². The van der Waals surface area contributed by atoms with E-state index in [0.717, 1.165) is 50.1 Å². The van der Waals surface area contributed by atoms with Gasteiger partial charge in [0.05, 0.1) is 18.8 Å². The molecule has 2 aliphatic heterocycles. The van der Waals surface area contributed by atoms with E-state index < -0.39 is 0 Å². The van der Waals surface area contributed by atoms with Crippen molar-refractivity contribution >= 4 is 22.9 Å². The summed E-state index contributed by atoms with van der Waals surface area (Å²) in [4.78, 5) is 26.5. The summed E-state index contributed by atoms with van der Waals surface area (Å²) in [6.45, 7) is 9.94. The van der Waals surface area contributed by atoms with Gasteiger partial charge in [-0.1, -0.05) is 0 Å². The third kappa shape index (κ3) is 6.07. The average Bonchev–Trinajstić information content (AvgIpc) is 2.85. The maximum absolute atomic E-state index is 12.3. The van der Waals surface area contributed by atoms with Crippen molar-refractivity contribution in [2.45, 2.75) is 12.8 Å². The molecule has 6 nitrogen and oxygen atoms in total. The summed E-state index contributed by atoms with van der Waals surface area (Å²) in [7, 11) is 0. The predicted molar refractivity (Wildman–Crippen MR) is 115 cm³/mol. The minimum atomic E-state index is 0.0339. The van der Waals surface area contributed by atoms with Crippen LogP contribution in [0.5, 0.6) is 0 Å². The molecule has 0 saturated carbocycles. The summed E-state index contributed by atoms with van der Waals surface area (Å²) in [6.07, 6.45) is 9.00. The number of nitrogens with zero attached hydrogens (tertiary/aromatic N) is 4. The number of rotatable bonds is 4. The van der Waals surface area contributed by atoms with Crippen molar-refractivity contribution in [3.05, 3.63) is 66.3 Å². The Balaban J connectivity index is 0.000000216. The SMILES string of the molecule is O=C(c1cnc(N2CCOCC2)nc1)N1CC[CH-]CC1.[CH-]=Cc1ccccc1[CH]=[Ni]. The Morgan fingerprint density at radius 2 is 1.70 bits per heavy atom. The molecule has 1 aromatic carbocycles. The van der Waals surface area contributed by atoms with E-state index in [4.69, 9.17) is 11.3 Å². The molecule has 162 valence electrons. The molecule has 7 heteroatoms. The minimum absolute atomic E-state index is 0.0339. The molecular weight excluding hydrogens is 423 g/mol. The van der Waals surface area contributed by atoms with Crippen molar-refractivity contribution in [3.8, 4) is 0 Å². The van der Waals surface area contributed by atoms with E-state index in [1.165, 1.54) is 0 Å². The van der Waals surface area contributed by atoms with Gasteiger partial charge in [0, 0.05) is 25.5 Å². The topological polar surface area (TPSA) is 58.6 Å². The van der Waals surface area contributed by atoms with Crippen molar-refractivity contribution in [2.24, 2.45) is 0 Å². The number of benzene rings is 1. The summed E-state index contributed by atoms with van der Waals surface area (Å²) in [6, 6.07) is 7.76. The molecule has 0 aliphatic carbocycles. The fourth-order valence-corrected chi connectivity index (χ4v) is 3.50. The van der Waals surface area contributed by atoms with Crippen LogP contribution in [0.4, 0.5) is 5.95 Å². The van der Waals surface area contributed by atoms with E-state index >= 15 is 0 Å². The zero-order valence-corrected chi connectivity index (χ0v) is 17.8. The second-order valence-corrected chi connectivity index (χ2v) is 7.20. The van der Waals surface area contributed by atoms with Gasteiger partial charge >= 0.3 is 68.1 Å². The molecule has 0 spiro atoms. The first kappa shape index (κ1) is 22.3. The molecule has 2 saturated heterocycles. The number of carbonyl (C=O) groups excluding carboxylic acids is 1. The molecule has 1 aromatic heterocycles. The first-order valence-electron chi connectivity index (χ1n) is 10.0. The quantitative estimate of drug-likeness (QED) is 0.531. The number of piperidine rings is 1. The van der Waals surface area contributed by atoms with Gasteiger partial charge in [-0.05, 0) is 13.1 Å². The van der Waals surface area contributed by atoms with Gasteiger partial charge in [0.15, 0.2) is 0 Å². The number of amides is 1. The molecule has 0 N–H and O–H groups in total. The average molecular weight is 449 g/mol. The zero-order chi connectivity index (χ0) is 21.2. The number of morpholine rings is 1. The van der Waals surface area contributed by atoms with Gasteiger partial charge in [-0.25, -0.2) is 9.97 Å². The molecule has 3 heterocycles. The summed E-state index contributed by atoms with van der Waals surface area (Å²) < 4.78 is 5.30. The van der Waals surface area contributed by atoms with E-state index in [-0.39, 0.29) is 5.91 Å². The van der Waals surface area contributed by atoms with Crippen LogP contribution in [0.15, 0.2) is 36.7 Å². The van der Waals surface area contributed by atoms with Crippen LogP contribution >= 0.6 is 0 Å².